The fourth-order valence-electron chi connectivity index (χ4n) is 3.83. The van der Waals surface area contributed by atoms with Crippen molar-refractivity contribution in [3.8, 4) is 0 Å². The molecule has 1 aromatic carbocycles. The predicted octanol–water partition coefficient (Wildman–Crippen LogP) is 4.88. The fraction of sp³-hybridized carbons (Fsp3) is 0.625. The fourth-order valence-corrected chi connectivity index (χ4v) is 3.83. The summed E-state index contributed by atoms with van der Waals surface area (Å²) >= 11 is 0. The van der Waals surface area contributed by atoms with E-state index in [1.807, 2.05) is 0 Å². The minimum atomic E-state index is -0.382. The summed E-state index contributed by atoms with van der Waals surface area (Å²) in [5.41, 5.74) is 0.894. The van der Waals surface area contributed by atoms with Crippen LogP contribution in [0, 0.1) is 17.0 Å². The Morgan fingerprint density at radius 3 is 2.37 bits per heavy atom. The lowest BCUT2D eigenvalue weighted by molar-refractivity contribution is 0.188. The number of rotatable bonds is 2. The number of nitrogens with one attached hydrogen (secondary N) is 1. The maximum atomic E-state index is 13.6. The standard InChI is InChI=1S/C16H21F2N/c17-12-3-4-14(18)15(11-12)19-13-5-9-16(10-6-13)7-1-2-8-16/h3-4,11,13,19H,1-2,5-10H2. The van der Waals surface area contributed by atoms with Gasteiger partial charge in [0.2, 0.25) is 0 Å². The highest BCUT2D eigenvalue weighted by Gasteiger charge is 2.37. The van der Waals surface area contributed by atoms with E-state index in [0.29, 0.717) is 17.1 Å². The lowest BCUT2D eigenvalue weighted by Gasteiger charge is -2.37. The van der Waals surface area contributed by atoms with Gasteiger partial charge in [0.05, 0.1) is 5.69 Å². The van der Waals surface area contributed by atoms with Crippen molar-refractivity contribution in [2.75, 3.05) is 5.32 Å². The highest BCUT2D eigenvalue weighted by Crippen LogP contribution is 2.49. The minimum Gasteiger partial charge on any atom is -0.380 e. The van der Waals surface area contributed by atoms with E-state index in [1.54, 1.807) is 0 Å². The van der Waals surface area contributed by atoms with Crippen molar-refractivity contribution in [2.45, 2.75) is 57.4 Å². The van der Waals surface area contributed by atoms with Crippen molar-refractivity contribution in [1.82, 2.24) is 0 Å². The Bertz CT molecular complexity index is 442. The number of hydrogen-bond donors (Lipinski definition) is 1. The summed E-state index contributed by atoms with van der Waals surface area (Å²) in [6.45, 7) is 0. The average Bonchev–Trinajstić information content (AvgIpc) is 2.85. The first-order chi connectivity index (χ1) is 9.17. The zero-order chi connectivity index (χ0) is 13.3. The Labute approximate surface area is 113 Å². The summed E-state index contributed by atoms with van der Waals surface area (Å²) in [6.07, 6.45) is 10.1. The molecule has 1 nitrogen and oxygen atoms in total. The van der Waals surface area contributed by atoms with Gasteiger partial charge in [-0.2, -0.15) is 0 Å². The van der Waals surface area contributed by atoms with Crippen molar-refractivity contribution >= 4 is 5.69 Å². The van der Waals surface area contributed by atoms with Crippen LogP contribution in [0.4, 0.5) is 14.5 Å². The van der Waals surface area contributed by atoms with Crippen LogP contribution in [-0.2, 0) is 0 Å². The second kappa shape index (κ2) is 5.10. The van der Waals surface area contributed by atoms with Gasteiger partial charge in [0.15, 0.2) is 0 Å². The van der Waals surface area contributed by atoms with Crippen LogP contribution in [0.5, 0.6) is 0 Å². The van der Waals surface area contributed by atoms with E-state index < -0.39 is 0 Å². The van der Waals surface area contributed by atoms with Crippen LogP contribution < -0.4 is 5.32 Å². The molecule has 0 radical (unpaired) electrons. The third-order valence-corrected chi connectivity index (χ3v) is 5.00. The first-order valence-corrected chi connectivity index (χ1v) is 7.39. The van der Waals surface area contributed by atoms with E-state index in [1.165, 1.54) is 50.7 Å². The van der Waals surface area contributed by atoms with Gasteiger partial charge in [-0.3, -0.25) is 0 Å². The van der Waals surface area contributed by atoms with Crippen LogP contribution in [0.2, 0.25) is 0 Å². The van der Waals surface area contributed by atoms with Crippen molar-refractivity contribution in [3.63, 3.8) is 0 Å². The molecule has 0 heterocycles. The summed E-state index contributed by atoms with van der Waals surface area (Å²) in [5, 5.41) is 3.18. The Morgan fingerprint density at radius 1 is 1.00 bits per heavy atom. The van der Waals surface area contributed by atoms with Gasteiger partial charge in [-0.05, 0) is 62.1 Å². The van der Waals surface area contributed by atoms with Gasteiger partial charge >= 0.3 is 0 Å². The smallest absolute Gasteiger partial charge is 0.146 e. The van der Waals surface area contributed by atoms with Gasteiger partial charge in [-0.15, -0.1) is 0 Å². The molecule has 1 aromatic rings. The Kier molecular flexibility index (Phi) is 3.46. The van der Waals surface area contributed by atoms with Crippen molar-refractivity contribution in [3.05, 3.63) is 29.8 Å². The second-order valence-corrected chi connectivity index (χ2v) is 6.25. The number of anilines is 1. The largest absolute Gasteiger partial charge is 0.380 e. The zero-order valence-electron chi connectivity index (χ0n) is 11.2. The molecular formula is C16H21F2N. The van der Waals surface area contributed by atoms with Gasteiger partial charge in [0, 0.05) is 6.04 Å². The lowest BCUT2D eigenvalue weighted by Crippen LogP contribution is -2.32. The minimum absolute atomic E-state index is 0.294. The molecule has 0 bridgehead atoms. The molecule has 2 fully saturated rings. The van der Waals surface area contributed by atoms with Crippen LogP contribution in [0.3, 0.4) is 0 Å². The maximum Gasteiger partial charge on any atom is 0.146 e. The molecule has 3 heteroatoms. The quantitative estimate of drug-likeness (QED) is 0.803. The highest BCUT2D eigenvalue weighted by molar-refractivity contribution is 5.45. The van der Waals surface area contributed by atoms with Crippen LogP contribution in [0.1, 0.15) is 51.4 Å². The summed E-state index contributed by atoms with van der Waals surface area (Å²) in [4.78, 5) is 0. The molecular weight excluding hydrogens is 244 g/mol. The molecule has 0 unspecified atom stereocenters. The molecule has 1 N–H and O–H groups in total. The zero-order valence-corrected chi connectivity index (χ0v) is 11.2. The molecule has 0 saturated heterocycles. The van der Waals surface area contributed by atoms with Crippen molar-refractivity contribution < 1.29 is 8.78 Å². The molecule has 2 aliphatic carbocycles. The summed E-state index contributed by atoms with van der Waals surface area (Å²) in [7, 11) is 0. The molecule has 19 heavy (non-hydrogen) atoms. The topological polar surface area (TPSA) is 12.0 Å². The first kappa shape index (κ1) is 12.9. The van der Waals surface area contributed by atoms with Crippen LogP contribution >= 0.6 is 0 Å². The van der Waals surface area contributed by atoms with Gasteiger partial charge in [-0.25, -0.2) is 8.78 Å². The third-order valence-electron chi connectivity index (χ3n) is 5.00. The number of halogens is 2. The molecule has 0 aromatic heterocycles. The summed E-state index contributed by atoms with van der Waals surface area (Å²) < 4.78 is 26.7. The molecule has 0 amide bonds. The Hall–Kier alpha value is -1.12. The average molecular weight is 265 g/mol. The van der Waals surface area contributed by atoms with E-state index in [9.17, 15) is 8.78 Å². The SMILES string of the molecule is Fc1ccc(F)c(NC2CCC3(CCCC3)CC2)c1. The van der Waals surface area contributed by atoms with Crippen LogP contribution in [0.25, 0.3) is 0 Å². The van der Waals surface area contributed by atoms with Gasteiger partial charge in [0.1, 0.15) is 11.6 Å². The predicted molar refractivity (Wildman–Crippen MR) is 73.1 cm³/mol. The normalized spacial score (nSPS) is 22.8. The molecule has 104 valence electrons. The second-order valence-electron chi connectivity index (χ2n) is 6.25. The first-order valence-electron chi connectivity index (χ1n) is 7.39. The maximum absolute atomic E-state index is 13.6. The molecule has 0 aliphatic heterocycles. The molecule has 0 atom stereocenters. The van der Waals surface area contributed by atoms with E-state index in [0.717, 1.165) is 18.9 Å². The third kappa shape index (κ3) is 2.75. The molecule has 3 rings (SSSR count). The monoisotopic (exact) mass is 265 g/mol. The van der Waals surface area contributed by atoms with Crippen molar-refractivity contribution in [2.24, 2.45) is 5.41 Å². The Balaban J connectivity index is 1.61. The van der Waals surface area contributed by atoms with Crippen LogP contribution in [-0.4, -0.2) is 6.04 Å². The Morgan fingerprint density at radius 2 is 1.68 bits per heavy atom. The lowest BCUT2D eigenvalue weighted by atomic mass is 9.71. The number of hydrogen-bond acceptors (Lipinski definition) is 1. The number of benzene rings is 1. The van der Waals surface area contributed by atoms with E-state index >= 15 is 0 Å². The van der Waals surface area contributed by atoms with Gasteiger partial charge < -0.3 is 5.32 Å². The summed E-state index contributed by atoms with van der Waals surface area (Å²) in [5.74, 6) is -0.741. The van der Waals surface area contributed by atoms with E-state index in [2.05, 4.69) is 5.32 Å². The molecule has 1 spiro atoms. The molecule has 2 saturated carbocycles. The van der Waals surface area contributed by atoms with Crippen molar-refractivity contribution in [1.29, 1.82) is 0 Å². The molecule has 2 aliphatic rings. The summed E-state index contributed by atoms with van der Waals surface area (Å²) in [6, 6.07) is 3.91. The van der Waals surface area contributed by atoms with Gasteiger partial charge in [0.25, 0.3) is 0 Å². The van der Waals surface area contributed by atoms with E-state index in [4.69, 9.17) is 0 Å². The van der Waals surface area contributed by atoms with Gasteiger partial charge in [-0.1, -0.05) is 12.8 Å². The van der Waals surface area contributed by atoms with E-state index in [-0.39, 0.29) is 11.6 Å². The van der Waals surface area contributed by atoms with Crippen LogP contribution in [0.15, 0.2) is 18.2 Å². The highest BCUT2D eigenvalue weighted by atomic mass is 19.1.